The number of hydrogen-bond acceptors (Lipinski definition) is 3. The van der Waals surface area contributed by atoms with Gasteiger partial charge >= 0.3 is 0 Å². The van der Waals surface area contributed by atoms with Crippen molar-refractivity contribution in [2.75, 3.05) is 5.32 Å². The number of hydrogen-bond donors (Lipinski definition) is 1. The average Bonchev–Trinajstić information content (AvgIpc) is 2.57. The molecule has 5 heteroatoms. The standard InChI is InChI=1S/C12H12BrClN2S/c1-7-3-10(17-8(7)2)6-16-12-11(14)4-9(13)5-15-12/h3-5H,6H2,1-2H3,(H,15,16). The normalized spacial score (nSPS) is 10.6. The SMILES string of the molecule is Cc1cc(CNc2ncc(Br)cc2Cl)sc1C. The summed E-state index contributed by atoms with van der Waals surface area (Å²) < 4.78 is 0.885. The third-order valence-electron chi connectivity index (χ3n) is 2.45. The second-order valence-corrected chi connectivity index (χ2v) is 6.45. The van der Waals surface area contributed by atoms with E-state index in [1.165, 1.54) is 15.3 Å². The van der Waals surface area contributed by atoms with Gasteiger partial charge in [0, 0.05) is 20.4 Å². The van der Waals surface area contributed by atoms with Gasteiger partial charge in [0.1, 0.15) is 5.82 Å². The summed E-state index contributed by atoms with van der Waals surface area (Å²) in [5.41, 5.74) is 1.33. The van der Waals surface area contributed by atoms with Crippen LogP contribution in [0.2, 0.25) is 5.02 Å². The van der Waals surface area contributed by atoms with Crippen LogP contribution in [0.15, 0.2) is 22.8 Å². The summed E-state index contributed by atoms with van der Waals surface area (Å²) in [4.78, 5) is 6.89. The number of anilines is 1. The van der Waals surface area contributed by atoms with Gasteiger partial charge in [0.2, 0.25) is 0 Å². The van der Waals surface area contributed by atoms with Crippen molar-refractivity contribution in [1.29, 1.82) is 0 Å². The van der Waals surface area contributed by atoms with Crippen LogP contribution in [0, 0.1) is 13.8 Å². The van der Waals surface area contributed by atoms with Crippen molar-refractivity contribution >= 4 is 44.7 Å². The molecule has 90 valence electrons. The average molecular weight is 332 g/mol. The highest BCUT2D eigenvalue weighted by atomic mass is 79.9. The van der Waals surface area contributed by atoms with Crippen molar-refractivity contribution in [3.05, 3.63) is 43.1 Å². The molecule has 0 aromatic carbocycles. The van der Waals surface area contributed by atoms with Crippen LogP contribution in [0.5, 0.6) is 0 Å². The van der Waals surface area contributed by atoms with E-state index in [-0.39, 0.29) is 0 Å². The Morgan fingerprint density at radius 3 is 2.76 bits per heavy atom. The summed E-state index contributed by atoms with van der Waals surface area (Å²) in [6.07, 6.45) is 1.74. The molecule has 0 aliphatic rings. The smallest absolute Gasteiger partial charge is 0.145 e. The minimum Gasteiger partial charge on any atom is -0.364 e. The lowest BCUT2D eigenvalue weighted by Gasteiger charge is -2.05. The van der Waals surface area contributed by atoms with Gasteiger partial charge in [-0.1, -0.05) is 11.6 Å². The molecule has 17 heavy (non-hydrogen) atoms. The van der Waals surface area contributed by atoms with E-state index < -0.39 is 0 Å². The lowest BCUT2D eigenvalue weighted by atomic mass is 10.3. The molecule has 0 aliphatic carbocycles. The van der Waals surface area contributed by atoms with Crippen LogP contribution < -0.4 is 5.32 Å². The largest absolute Gasteiger partial charge is 0.364 e. The first-order valence-corrected chi connectivity index (χ1v) is 7.16. The molecule has 2 aromatic rings. The minimum absolute atomic E-state index is 0.629. The predicted octanol–water partition coefficient (Wildman–Crippen LogP) is 4.79. The topological polar surface area (TPSA) is 24.9 Å². The first kappa shape index (κ1) is 12.9. The van der Waals surface area contributed by atoms with Gasteiger partial charge in [0.05, 0.1) is 11.6 Å². The molecular formula is C12H12BrClN2S. The van der Waals surface area contributed by atoms with Gasteiger partial charge in [-0.15, -0.1) is 11.3 Å². The summed E-state index contributed by atoms with van der Waals surface area (Å²) in [5.74, 6) is 0.721. The van der Waals surface area contributed by atoms with Crippen LogP contribution in [-0.2, 0) is 6.54 Å². The van der Waals surface area contributed by atoms with Gasteiger partial charge in [-0.2, -0.15) is 0 Å². The fourth-order valence-electron chi connectivity index (χ4n) is 1.45. The number of rotatable bonds is 3. The van der Waals surface area contributed by atoms with Crippen LogP contribution in [-0.4, -0.2) is 4.98 Å². The summed E-state index contributed by atoms with van der Waals surface area (Å²) in [7, 11) is 0. The maximum atomic E-state index is 6.08. The fourth-order valence-corrected chi connectivity index (χ4v) is 3.14. The third-order valence-corrected chi connectivity index (χ3v) is 4.33. The van der Waals surface area contributed by atoms with Gasteiger partial charge < -0.3 is 5.32 Å². The fraction of sp³-hybridized carbons (Fsp3) is 0.250. The van der Waals surface area contributed by atoms with Gasteiger partial charge in [0.15, 0.2) is 0 Å². The van der Waals surface area contributed by atoms with Crippen LogP contribution in [0.3, 0.4) is 0 Å². The second kappa shape index (κ2) is 5.38. The van der Waals surface area contributed by atoms with Crippen molar-refractivity contribution in [2.24, 2.45) is 0 Å². The number of aromatic nitrogens is 1. The van der Waals surface area contributed by atoms with Crippen LogP contribution in [0.25, 0.3) is 0 Å². The number of thiophene rings is 1. The van der Waals surface area contributed by atoms with Crippen molar-refractivity contribution in [3.63, 3.8) is 0 Å². The molecule has 1 N–H and O–H groups in total. The van der Waals surface area contributed by atoms with Crippen LogP contribution in [0.1, 0.15) is 15.3 Å². The summed E-state index contributed by atoms with van der Waals surface area (Å²) in [6.45, 7) is 5.02. The van der Waals surface area contributed by atoms with E-state index in [1.54, 1.807) is 17.5 Å². The highest BCUT2D eigenvalue weighted by molar-refractivity contribution is 9.10. The highest BCUT2D eigenvalue weighted by Gasteiger charge is 2.05. The Hall–Kier alpha value is -0.580. The van der Waals surface area contributed by atoms with E-state index >= 15 is 0 Å². The Kier molecular flexibility index (Phi) is 4.07. The molecule has 0 saturated heterocycles. The number of pyridine rings is 1. The highest BCUT2D eigenvalue weighted by Crippen LogP contribution is 2.25. The molecule has 0 spiro atoms. The third kappa shape index (κ3) is 3.21. The quantitative estimate of drug-likeness (QED) is 0.875. The maximum absolute atomic E-state index is 6.08. The molecule has 2 rings (SSSR count). The van der Waals surface area contributed by atoms with Gasteiger partial charge in [0.25, 0.3) is 0 Å². The number of nitrogens with zero attached hydrogens (tertiary/aromatic N) is 1. The van der Waals surface area contributed by atoms with Crippen molar-refractivity contribution in [2.45, 2.75) is 20.4 Å². The Morgan fingerprint density at radius 2 is 2.18 bits per heavy atom. The molecule has 0 saturated carbocycles. The van der Waals surface area contributed by atoms with E-state index in [0.717, 1.165) is 16.8 Å². The molecule has 2 nitrogen and oxygen atoms in total. The molecule has 2 aromatic heterocycles. The predicted molar refractivity (Wildman–Crippen MR) is 78.1 cm³/mol. The zero-order valence-corrected chi connectivity index (χ0v) is 12.7. The molecule has 0 radical (unpaired) electrons. The van der Waals surface area contributed by atoms with E-state index in [0.29, 0.717) is 5.02 Å². The van der Waals surface area contributed by atoms with Gasteiger partial charge in [-0.05, 0) is 47.5 Å². The summed E-state index contributed by atoms with van der Waals surface area (Å²) >= 11 is 11.2. The monoisotopic (exact) mass is 330 g/mol. The minimum atomic E-state index is 0.629. The zero-order chi connectivity index (χ0) is 12.4. The van der Waals surface area contributed by atoms with Crippen LogP contribution >= 0.6 is 38.9 Å². The lowest BCUT2D eigenvalue weighted by Crippen LogP contribution is -2.00. The number of aryl methyl sites for hydroxylation is 2. The number of halogens is 2. The molecule has 0 unspecified atom stereocenters. The zero-order valence-electron chi connectivity index (χ0n) is 9.55. The first-order chi connectivity index (χ1) is 8.06. The molecule has 0 amide bonds. The van der Waals surface area contributed by atoms with Gasteiger partial charge in [-0.25, -0.2) is 4.98 Å². The van der Waals surface area contributed by atoms with E-state index in [4.69, 9.17) is 11.6 Å². The van der Waals surface area contributed by atoms with E-state index in [9.17, 15) is 0 Å². The van der Waals surface area contributed by atoms with Crippen LogP contribution in [0.4, 0.5) is 5.82 Å². The summed E-state index contributed by atoms with van der Waals surface area (Å²) in [5, 5.41) is 3.87. The Balaban J connectivity index is 2.07. The Labute approximate surface area is 118 Å². The Bertz CT molecular complexity index is 520. The molecule has 0 atom stereocenters. The summed E-state index contributed by atoms with van der Waals surface area (Å²) in [6, 6.07) is 4.03. The Morgan fingerprint density at radius 1 is 1.41 bits per heavy atom. The van der Waals surface area contributed by atoms with E-state index in [2.05, 4.69) is 46.1 Å². The van der Waals surface area contributed by atoms with Crippen molar-refractivity contribution in [3.8, 4) is 0 Å². The molecule has 2 heterocycles. The second-order valence-electron chi connectivity index (χ2n) is 3.79. The molecule has 0 bridgehead atoms. The van der Waals surface area contributed by atoms with Gasteiger partial charge in [-0.3, -0.25) is 0 Å². The molecule has 0 aliphatic heterocycles. The number of nitrogens with one attached hydrogen (secondary N) is 1. The van der Waals surface area contributed by atoms with Crippen molar-refractivity contribution in [1.82, 2.24) is 4.98 Å². The lowest BCUT2D eigenvalue weighted by molar-refractivity contribution is 1.14. The molecule has 0 fully saturated rings. The maximum Gasteiger partial charge on any atom is 0.145 e. The van der Waals surface area contributed by atoms with Crippen molar-refractivity contribution < 1.29 is 0 Å². The molecular weight excluding hydrogens is 320 g/mol. The first-order valence-electron chi connectivity index (χ1n) is 5.17. The van der Waals surface area contributed by atoms with E-state index in [1.807, 2.05) is 6.07 Å².